The average molecular weight is 513 g/mol. The molecule has 1 atom stereocenters. The van der Waals surface area contributed by atoms with Crippen molar-refractivity contribution < 1.29 is 9.59 Å². The zero-order valence-electron chi connectivity index (χ0n) is 17.4. The summed E-state index contributed by atoms with van der Waals surface area (Å²) in [7, 11) is 1.77. The molecule has 2 amide bonds. The third-order valence-corrected chi connectivity index (χ3v) is 6.54. The number of hydrogen-bond acceptors (Lipinski definition) is 5. The molecule has 2 N–H and O–H groups in total. The topological polar surface area (TPSA) is 88.9 Å². The molecule has 0 aliphatic rings. The summed E-state index contributed by atoms with van der Waals surface area (Å²) < 4.78 is 1.73. The van der Waals surface area contributed by atoms with Crippen LogP contribution in [0.1, 0.15) is 34.7 Å². The highest BCUT2D eigenvalue weighted by atomic mass is 35.5. The van der Waals surface area contributed by atoms with Crippen molar-refractivity contribution in [1.82, 2.24) is 20.1 Å². The maximum absolute atomic E-state index is 12.5. The largest absolute Gasteiger partial charge is 0.342 e. The predicted octanol–water partition coefficient (Wildman–Crippen LogP) is 5.31. The molecule has 7 nitrogen and oxygen atoms in total. The second-order valence-corrected chi connectivity index (χ2v) is 9.21. The van der Waals surface area contributed by atoms with E-state index in [0.29, 0.717) is 32.3 Å². The van der Waals surface area contributed by atoms with E-state index in [2.05, 4.69) is 20.8 Å². The van der Waals surface area contributed by atoms with E-state index in [0.717, 1.165) is 5.56 Å². The first-order valence-corrected chi connectivity index (χ1v) is 11.6. The van der Waals surface area contributed by atoms with Gasteiger partial charge in [0.2, 0.25) is 5.91 Å². The van der Waals surface area contributed by atoms with E-state index in [1.54, 1.807) is 42.8 Å². The third kappa shape index (κ3) is 5.95. The van der Waals surface area contributed by atoms with Crippen LogP contribution in [0.4, 0.5) is 5.69 Å². The molecule has 0 radical (unpaired) electrons. The minimum atomic E-state index is -0.440. The van der Waals surface area contributed by atoms with Crippen molar-refractivity contribution in [1.29, 1.82) is 0 Å². The zero-order chi connectivity index (χ0) is 23.4. The van der Waals surface area contributed by atoms with E-state index in [1.807, 2.05) is 13.0 Å². The Labute approximate surface area is 204 Å². The van der Waals surface area contributed by atoms with E-state index < -0.39 is 6.04 Å². The summed E-state index contributed by atoms with van der Waals surface area (Å²) in [4.78, 5) is 24.8. The standard InChI is InChI=1S/C21H20Cl3N5O2S/c1-11-4-6-14(9-16(11)23)26-18(30)10-32-21-28-27-19(29(21)3)12(2)25-20(31)15-7-5-13(22)8-17(15)24/h4-9,12H,10H2,1-3H3,(H,25,31)(H,26,30)/t12-/m0/s1. The number of carbonyl (C=O) groups is 2. The minimum absolute atomic E-state index is 0.137. The van der Waals surface area contributed by atoms with Gasteiger partial charge < -0.3 is 15.2 Å². The molecule has 0 aliphatic heterocycles. The van der Waals surface area contributed by atoms with Crippen molar-refractivity contribution >= 4 is 64.1 Å². The maximum atomic E-state index is 12.5. The summed E-state index contributed by atoms with van der Waals surface area (Å²) in [5.41, 5.74) is 1.87. The van der Waals surface area contributed by atoms with Crippen molar-refractivity contribution in [3.8, 4) is 0 Å². The first-order chi connectivity index (χ1) is 15.2. The Kier molecular flexibility index (Phi) is 8.05. The van der Waals surface area contributed by atoms with Crippen LogP contribution >= 0.6 is 46.6 Å². The zero-order valence-corrected chi connectivity index (χ0v) is 20.5. The van der Waals surface area contributed by atoms with E-state index in [-0.39, 0.29) is 22.6 Å². The average Bonchev–Trinajstić information content (AvgIpc) is 3.09. The highest BCUT2D eigenvalue weighted by molar-refractivity contribution is 7.99. The van der Waals surface area contributed by atoms with Crippen molar-refractivity contribution in [2.45, 2.75) is 25.0 Å². The van der Waals surface area contributed by atoms with Gasteiger partial charge in [-0.25, -0.2) is 0 Å². The molecule has 0 spiro atoms. The number of halogens is 3. The molecule has 0 saturated heterocycles. The van der Waals surface area contributed by atoms with E-state index in [9.17, 15) is 9.59 Å². The predicted molar refractivity (Wildman–Crippen MR) is 129 cm³/mol. The van der Waals surface area contributed by atoms with Gasteiger partial charge in [-0.1, -0.05) is 52.6 Å². The molecular formula is C21H20Cl3N5O2S. The number of aryl methyl sites for hydroxylation is 1. The molecule has 2 aromatic carbocycles. The summed E-state index contributed by atoms with van der Waals surface area (Å²) in [6.45, 7) is 3.68. The number of thioether (sulfide) groups is 1. The molecule has 0 bridgehead atoms. The molecule has 1 heterocycles. The van der Waals surface area contributed by atoms with Gasteiger partial charge >= 0.3 is 0 Å². The van der Waals surface area contributed by atoms with Crippen LogP contribution < -0.4 is 10.6 Å². The van der Waals surface area contributed by atoms with E-state index in [1.165, 1.54) is 17.8 Å². The molecule has 0 fully saturated rings. The number of rotatable bonds is 7. The number of nitrogens with one attached hydrogen (secondary N) is 2. The first kappa shape index (κ1) is 24.4. The van der Waals surface area contributed by atoms with E-state index in [4.69, 9.17) is 34.8 Å². The molecule has 0 saturated carbocycles. The van der Waals surface area contributed by atoms with Crippen LogP contribution in [0.5, 0.6) is 0 Å². The monoisotopic (exact) mass is 511 g/mol. The van der Waals surface area contributed by atoms with Crippen LogP contribution in [0.3, 0.4) is 0 Å². The number of carbonyl (C=O) groups excluding carboxylic acids is 2. The number of benzene rings is 2. The molecule has 32 heavy (non-hydrogen) atoms. The van der Waals surface area contributed by atoms with Gasteiger partial charge in [-0.15, -0.1) is 10.2 Å². The van der Waals surface area contributed by atoms with Gasteiger partial charge in [0.15, 0.2) is 11.0 Å². The second-order valence-electron chi connectivity index (χ2n) is 7.02. The lowest BCUT2D eigenvalue weighted by Crippen LogP contribution is -2.28. The number of nitrogens with zero attached hydrogens (tertiary/aromatic N) is 3. The number of anilines is 1. The van der Waals surface area contributed by atoms with Crippen molar-refractivity contribution in [3.63, 3.8) is 0 Å². The molecule has 168 valence electrons. The molecule has 11 heteroatoms. The van der Waals surface area contributed by atoms with Gasteiger partial charge in [-0.3, -0.25) is 9.59 Å². The summed E-state index contributed by atoms with van der Waals surface area (Å²) >= 11 is 19.3. The summed E-state index contributed by atoms with van der Waals surface area (Å²) in [5, 5.41) is 15.8. The Bertz CT molecular complexity index is 1170. The van der Waals surface area contributed by atoms with Crippen LogP contribution in [0.2, 0.25) is 15.1 Å². The Balaban J connectivity index is 1.59. The summed E-state index contributed by atoms with van der Waals surface area (Å²) in [5.74, 6) is 0.126. The SMILES string of the molecule is Cc1ccc(NC(=O)CSc2nnc([C@H](C)NC(=O)c3ccc(Cl)cc3Cl)n2C)cc1Cl. The Morgan fingerprint density at radius 2 is 1.84 bits per heavy atom. The number of aromatic nitrogens is 3. The van der Waals surface area contributed by atoms with Crippen LogP contribution in [0.15, 0.2) is 41.6 Å². The van der Waals surface area contributed by atoms with Crippen LogP contribution in [-0.2, 0) is 11.8 Å². The van der Waals surface area contributed by atoms with Crippen LogP contribution in [0.25, 0.3) is 0 Å². The van der Waals surface area contributed by atoms with Gasteiger partial charge in [-0.05, 0) is 49.7 Å². The highest BCUT2D eigenvalue weighted by Gasteiger charge is 2.20. The van der Waals surface area contributed by atoms with E-state index >= 15 is 0 Å². The van der Waals surface area contributed by atoms with Gasteiger partial charge in [0.25, 0.3) is 5.91 Å². The summed E-state index contributed by atoms with van der Waals surface area (Å²) in [6.07, 6.45) is 0. The fourth-order valence-corrected chi connectivity index (χ4v) is 4.23. The smallest absolute Gasteiger partial charge is 0.253 e. The molecule has 0 aliphatic carbocycles. The number of hydrogen-bond donors (Lipinski definition) is 2. The maximum Gasteiger partial charge on any atom is 0.253 e. The molecule has 3 aromatic rings. The lowest BCUT2D eigenvalue weighted by molar-refractivity contribution is -0.113. The Morgan fingerprint density at radius 1 is 1.09 bits per heavy atom. The van der Waals surface area contributed by atoms with Crippen molar-refractivity contribution in [3.05, 3.63) is 68.4 Å². The van der Waals surface area contributed by atoms with Crippen LogP contribution in [0, 0.1) is 6.92 Å². The highest BCUT2D eigenvalue weighted by Crippen LogP contribution is 2.24. The first-order valence-electron chi connectivity index (χ1n) is 9.49. The van der Waals surface area contributed by atoms with Gasteiger partial charge in [0.05, 0.1) is 22.4 Å². The molecular weight excluding hydrogens is 493 g/mol. The fourth-order valence-electron chi connectivity index (χ4n) is 2.84. The quantitative estimate of drug-likeness (QED) is 0.419. The van der Waals surface area contributed by atoms with Crippen molar-refractivity contribution in [2.24, 2.45) is 7.05 Å². The minimum Gasteiger partial charge on any atom is -0.342 e. The fraction of sp³-hybridized carbons (Fsp3) is 0.238. The number of amides is 2. The normalized spacial score (nSPS) is 11.8. The van der Waals surface area contributed by atoms with Gasteiger partial charge in [-0.2, -0.15) is 0 Å². The van der Waals surface area contributed by atoms with Crippen LogP contribution in [-0.4, -0.2) is 32.3 Å². The van der Waals surface area contributed by atoms with Gasteiger partial charge in [0, 0.05) is 22.8 Å². The lowest BCUT2D eigenvalue weighted by Gasteiger charge is -2.14. The third-order valence-electron chi connectivity index (χ3n) is 4.57. The van der Waals surface area contributed by atoms with Gasteiger partial charge in [0.1, 0.15) is 0 Å². The molecule has 0 unspecified atom stereocenters. The molecule has 3 rings (SSSR count). The summed E-state index contributed by atoms with van der Waals surface area (Å²) in [6, 6.07) is 9.56. The lowest BCUT2D eigenvalue weighted by atomic mass is 10.2. The Hall–Kier alpha value is -2.26. The molecule has 1 aromatic heterocycles. The van der Waals surface area contributed by atoms with Crippen molar-refractivity contribution in [2.75, 3.05) is 11.1 Å². The Morgan fingerprint density at radius 3 is 2.53 bits per heavy atom. The second kappa shape index (κ2) is 10.6.